The maximum absolute atomic E-state index is 13.0. The first kappa shape index (κ1) is 19.9. The first-order valence-electron chi connectivity index (χ1n) is 8.31. The second-order valence-corrected chi connectivity index (χ2v) is 6.65. The Morgan fingerprint density at radius 1 is 1.25 bits per heavy atom. The highest BCUT2D eigenvalue weighted by Gasteiger charge is 2.22. The third-order valence-corrected chi connectivity index (χ3v) is 4.12. The van der Waals surface area contributed by atoms with Crippen molar-refractivity contribution in [1.29, 1.82) is 0 Å². The van der Waals surface area contributed by atoms with Gasteiger partial charge in [-0.25, -0.2) is 18.4 Å². The van der Waals surface area contributed by atoms with E-state index in [-0.39, 0.29) is 12.4 Å². The summed E-state index contributed by atoms with van der Waals surface area (Å²) in [7, 11) is 0. The van der Waals surface area contributed by atoms with E-state index in [1.54, 1.807) is 18.2 Å². The van der Waals surface area contributed by atoms with Gasteiger partial charge >= 0.3 is 0 Å². The number of rotatable bonds is 7. The average molecular weight is 407 g/mol. The molecule has 1 aromatic heterocycles. The van der Waals surface area contributed by atoms with Crippen LogP contribution in [0.5, 0.6) is 0 Å². The number of nitrogens with zero attached hydrogens (tertiary/aromatic N) is 3. The van der Waals surface area contributed by atoms with Gasteiger partial charge in [0, 0.05) is 17.5 Å². The summed E-state index contributed by atoms with van der Waals surface area (Å²) in [5, 5.41) is 4.53. The Kier molecular flexibility index (Phi) is 5.71. The van der Waals surface area contributed by atoms with Crippen LogP contribution in [0.1, 0.15) is 23.1 Å². The van der Waals surface area contributed by atoms with Gasteiger partial charge in [0.2, 0.25) is 5.82 Å². The zero-order chi connectivity index (χ0) is 20.3. The highest BCUT2D eigenvalue weighted by atomic mass is 35.5. The van der Waals surface area contributed by atoms with E-state index in [4.69, 9.17) is 22.1 Å². The van der Waals surface area contributed by atoms with Crippen molar-refractivity contribution in [1.82, 2.24) is 14.8 Å². The standard InChI is InChI=1S/C19H17ClF2N4O2/c1-19(21,22)11-28-10-13-9-14(7-8-15(13)20)26-18(12-5-3-2-4-6-12)24-17(25-26)16(23)27/h2-9H,10-11H2,1H3,(H2,23,27). The SMILES string of the molecule is CC(F)(F)COCc1cc(-n2nc(C(N)=O)nc2-c2ccccc2)ccc1Cl. The summed E-state index contributed by atoms with van der Waals surface area (Å²) in [6.45, 7) is -0.0515. The molecular weight excluding hydrogens is 390 g/mol. The molecule has 146 valence electrons. The van der Waals surface area contributed by atoms with Gasteiger partial charge in [0.05, 0.1) is 12.3 Å². The van der Waals surface area contributed by atoms with Crippen LogP contribution in [0.15, 0.2) is 48.5 Å². The number of carbonyl (C=O) groups excluding carboxylic acids is 1. The zero-order valence-electron chi connectivity index (χ0n) is 14.9. The monoisotopic (exact) mass is 406 g/mol. The smallest absolute Gasteiger partial charge is 0.288 e. The molecule has 1 amide bonds. The maximum Gasteiger partial charge on any atom is 0.288 e. The number of aromatic nitrogens is 3. The summed E-state index contributed by atoms with van der Waals surface area (Å²) in [6, 6.07) is 14.0. The van der Waals surface area contributed by atoms with Crippen LogP contribution in [0.4, 0.5) is 8.78 Å². The molecule has 6 nitrogen and oxygen atoms in total. The number of carbonyl (C=O) groups is 1. The molecule has 2 aromatic carbocycles. The van der Waals surface area contributed by atoms with Crippen molar-refractivity contribution in [2.45, 2.75) is 19.5 Å². The first-order chi connectivity index (χ1) is 13.2. The summed E-state index contributed by atoms with van der Waals surface area (Å²) < 4.78 is 32.4. The van der Waals surface area contributed by atoms with Crippen LogP contribution in [0.25, 0.3) is 17.1 Å². The summed E-state index contributed by atoms with van der Waals surface area (Å²) in [4.78, 5) is 15.8. The number of hydrogen-bond donors (Lipinski definition) is 1. The van der Waals surface area contributed by atoms with Crippen molar-refractivity contribution >= 4 is 17.5 Å². The van der Waals surface area contributed by atoms with Gasteiger partial charge < -0.3 is 10.5 Å². The highest BCUT2D eigenvalue weighted by molar-refractivity contribution is 6.31. The van der Waals surface area contributed by atoms with E-state index in [1.807, 2.05) is 30.3 Å². The molecule has 0 unspecified atom stereocenters. The van der Waals surface area contributed by atoms with Crippen LogP contribution < -0.4 is 5.73 Å². The van der Waals surface area contributed by atoms with E-state index in [1.165, 1.54) is 4.68 Å². The van der Waals surface area contributed by atoms with Gasteiger partial charge in [-0.1, -0.05) is 41.9 Å². The second-order valence-electron chi connectivity index (χ2n) is 6.24. The molecule has 0 bridgehead atoms. The molecule has 0 saturated carbocycles. The van der Waals surface area contributed by atoms with Gasteiger partial charge in [0.15, 0.2) is 5.82 Å². The van der Waals surface area contributed by atoms with Crippen molar-refractivity contribution in [3.63, 3.8) is 0 Å². The molecule has 0 fully saturated rings. The molecule has 28 heavy (non-hydrogen) atoms. The van der Waals surface area contributed by atoms with E-state index in [9.17, 15) is 13.6 Å². The third kappa shape index (κ3) is 4.71. The van der Waals surface area contributed by atoms with Crippen molar-refractivity contribution in [3.8, 4) is 17.1 Å². The van der Waals surface area contributed by atoms with Crippen molar-refractivity contribution in [2.24, 2.45) is 5.73 Å². The fourth-order valence-corrected chi connectivity index (χ4v) is 2.69. The van der Waals surface area contributed by atoms with E-state index in [0.717, 1.165) is 12.5 Å². The molecule has 1 heterocycles. The predicted molar refractivity (Wildman–Crippen MR) is 101 cm³/mol. The lowest BCUT2D eigenvalue weighted by Gasteiger charge is -2.13. The van der Waals surface area contributed by atoms with Gasteiger partial charge in [-0.15, -0.1) is 5.10 Å². The molecular formula is C19H17ClF2N4O2. The number of hydrogen-bond acceptors (Lipinski definition) is 4. The molecule has 0 spiro atoms. The Hall–Kier alpha value is -2.84. The molecule has 9 heteroatoms. The van der Waals surface area contributed by atoms with E-state index in [0.29, 0.717) is 22.1 Å². The van der Waals surface area contributed by atoms with Crippen LogP contribution in [0, 0.1) is 0 Å². The lowest BCUT2D eigenvalue weighted by Crippen LogP contribution is -2.18. The maximum atomic E-state index is 13.0. The Morgan fingerprint density at radius 2 is 1.96 bits per heavy atom. The topological polar surface area (TPSA) is 83.0 Å². The lowest BCUT2D eigenvalue weighted by molar-refractivity contribution is -0.0673. The van der Waals surface area contributed by atoms with E-state index in [2.05, 4.69) is 10.1 Å². The normalized spacial score (nSPS) is 11.6. The van der Waals surface area contributed by atoms with Crippen LogP contribution >= 0.6 is 11.6 Å². The summed E-state index contributed by atoms with van der Waals surface area (Å²) >= 11 is 6.16. The first-order valence-corrected chi connectivity index (χ1v) is 8.69. The van der Waals surface area contributed by atoms with Crippen LogP contribution in [0.3, 0.4) is 0 Å². The van der Waals surface area contributed by atoms with Crippen molar-refractivity contribution < 1.29 is 18.3 Å². The molecule has 2 N–H and O–H groups in total. The summed E-state index contributed by atoms with van der Waals surface area (Å²) in [5.74, 6) is -3.44. The molecule has 0 saturated heterocycles. The second kappa shape index (κ2) is 8.04. The molecule has 0 radical (unpaired) electrons. The Bertz CT molecular complexity index is 987. The predicted octanol–water partition coefficient (Wildman–Crippen LogP) is 3.86. The number of nitrogens with two attached hydrogens (primary N) is 1. The third-order valence-electron chi connectivity index (χ3n) is 3.75. The zero-order valence-corrected chi connectivity index (χ0v) is 15.7. The van der Waals surface area contributed by atoms with Gasteiger partial charge in [-0.05, 0) is 23.8 Å². The minimum Gasteiger partial charge on any atom is -0.370 e. The van der Waals surface area contributed by atoms with Gasteiger partial charge in [0.25, 0.3) is 11.8 Å². The Labute approximate surface area is 164 Å². The number of halogens is 3. The quantitative estimate of drug-likeness (QED) is 0.645. The minimum absolute atomic E-state index is 0.103. The highest BCUT2D eigenvalue weighted by Crippen LogP contribution is 2.25. The van der Waals surface area contributed by atoms with Crippen molar-refractivity contribution in [2.75, 3.05) is 6.61 Å². The van der Waals surface area contributed by atoms with Crippen LogP contribution in [0.2, 0.25) is 5.02 Å². The summed E-state index contributed by atoms with van der Waals surface area (Å²) in [5.41, 5.74) is 7.08. The fourth-order valence-electron chi connectivity index (χ4n) is 2.51. The molecule has 0 atom stereocenters. The molecule has 0 aliphatic heterocycles. The van der Waals surface area contributed by atoms with Crippen molar-refractivity contribution in [3.05, 3.63) is 64.9 Å². The Morgan fingerprint density at radius 3 is 2.61 bits per heavy atom. The number of amides is 1. The lowest BCUT2D eigenvalue weighted by atomic mass is 10.2. The van der Waals surface area contributed by atoms with Gasteiger partial charge in [-0.2, -0.15) is 0 Å². The molecule has 0 aliphatic rings. The van der Waals surface area contributed by atoms with Gasteiger partial charge in [0.1, 0.15) is 6.61 Å². The fraction of sp³-hybridized carbons (Fsp3) is 0.211. The van der Waals surface area contributed by atoms with Gasteiger partial charge in [-0.3, -0.25) is 4.79 Å². The van der Waals surface area contributed by atoms with Crippen LogP contribution in [-0.2, 0) is 11.3 Å². The molecule has 3 aromatic rings. The minimum atomic E-state index is -2.94. The number of benzene rings is 2. The largest absolute Gasteiger partial charge is 0.370 e. The molecule has 3 rings (SSSR count). The number of ether oxygens (including phenoxy) is 1. The number of primary amides is 1. The molecule has 0 aliphatic carbocycles. The summed E-state index contributed by atoms with van der Waals surface area (Å²) in [6.07, 6.45) is 0. The Balaban J connectivity index is 1.99. The van der Waals surface area contributed by atoms with Crippen LogP contribution in [-0.4, -0.2) is 33.2 Å². The van der Waals surface area contributed by atoms with E-state index < -0.39 is 18.4 Å². The van der Waals surface area contributed by atoms with E-state index >= 15 is 0 Å². The number of alkyl halides is 2. The average Bonchev–Trinajstić information content (AvgIpc) is 3.09.